The van der Waals surface area contributed by atoms with Gasteiger partial charge in [-0.15, -0.1) is 0 Å². The molecule has 1 heterocycles. The summed E-state index contributed by atoms with van der Waals surface area (Å²) in [7, 11) is 0. The summed E-state index contributed by atoms with van der Waals surface area (Å²) in [5, 5.41) is 54.0. The summed E-state index contributed by atoms with van der Waals surface area (Å²) < 4.78 is 16.6. The lowest BCUT2D eigenvalue weighted by Gasteiger charge is -2.40. The van der Waals surface area contributed by atoms with Crippen molar-refractivity contribution in [3.05, 3.63) is 48.6 Å². The second-order valence-electron chi connectivity index (χ2n) is 19.3. The van der Waals surface area contributed by atoms with Crippen molar-refractivity contribution in [3.63, 3.8) is 0 Å². The molecule has 1 fully saturated rings. The van der Waals surface area contributed by atoms with E-state index in [1.807, 2.05) is 19.1 Å². The summed E-state index contributed by atoms with van der Waals surface area (Å²) in [6.45, 7) is 4.04. The van der Waals surface area contributed by atoms with Gasteiger partial charge in [0.05, 0.1) is 32.0 Å². The molecule has 396 valence electrons. The minimum absolute atomic E-state index is 0.0202. The van der Waals surface area contributed by atoms with E-state index >= 15 is 0 Å². The summed E-state index contributed by atoms with van der Waals surface area (Å²) in [6, 6.07) is -0.845. The molecule has 1 aliphatic heterocycles. The van der Waals surface area contributed by atoms with Crippen molar-refractivity contribution in [1.82, 2.24) is 5.32 Å². The zero-order chi connectivity index (χ0) is 49.6. The molecule has 1 aliphatic rings. The number of aliphatic hydroxyl groups is 5. The zero-order valence-electron chi connectivity index (χ0n) is 43.3. The number of carbonyl (C=O) groups excluding carboxylic acids is 2. The van der Waals surface area contributed by atoms with Gasteiger partial charge in [-0.2, -0.15) is 0 Å². The first-order valence-corrected chi connectivity index (χ1v) is 27.9. The van der Waals surface area contributed by atoms with E-state index < -0.39 is 49.5 Å². The third-order valence-electron chi connectivity index (χ3n) is 13.0. The van der Waals surface area contributed by atoms with Gasteiger partial charge in [-0.3, -0.25) is 9.59 Å². The van der Waals surface area contributed by atoms with Gasteiger partial charge in [0.25, 0.3) is 0 Å². The third kappa shape index (κ3) is 36.5. The van der Waals surface area contributed by atoms with E-state index in [9.17, 15) is 35.1 Å². The lowest BCUT2D eigenvalue weighted by Crippen LogP contribution is -2.60. The van der Waals surface area contributed by atoms with Gasteiger partial charge in [-0.1, -0.05) is 197 Å². The van der Waals surface area contributed by atoms with Crippen LogP contribution in [-0.2, 0) is 23.8 Å². The minimum Gasteiger partial charge on any atom is -0.466 e. The van der Waals surface area contributed by atoms with Crippen LogP contribution in [0.5, 0.6) is 0 Å². The van der Waals surface area contributed by atoms with Crippen molar-refractivity contribution < 1.29 is 49.3 Å². The number of nitrogens with one attached hydrogen (secondary N) is 1. The fourth-order valence-electron chi connectivity index (χ4n) is 8.53. The molecular weight excluding hydrogens is 859 g/mol. The number of hydrogen-bond donors (Lipinski definition) is 6. The van der Waals surface area contributed by atoms with Crippen molar-refractivity contribution in [2.75, 3.05) is 19.8 Å². The Hall–Kier alpha value is -2.38. The van der Waals surface area contributed by atoms with E-state index in [1.165, 1.54) is 116 Å². The van der Waals surface area contributed by atoms with Crippen LogP contribution >= 0.6 is 0 Å². The molecule has 11 heteroatoms. The average molecular weight is 962 g/mol. The van der Waals surface area contributed by atoms with Gasteiger partial charge in [0.2, 0.25) is 5.91 Å². The first-order valence-electron chi connectivity index (χ1n) is 27.9. The van der Waals surface area contributed by atoms with E-state index in [4.69, 9.17) is 14.2 Å². The molecule has 0 radical (unpaired) electrons. The number of esters is 1. The van der Waals surface area contributed by atoms with Crippen molar-refractivity contribution in [3.8, 4) is 0 Å². The summed E-state index contributed by atoms with van der Waals surface area (Å²) in [4.78, 5) is 25.0. The molecule has 0 aromatic rings. The number of rotatable bonds is 47. The van der Waals surface area contributed by atoms with Gasteiger partial charge in [0.15, 0.2) is 6.29 Å². The maximum atomic E-state index is 13.0. The summed E-state index contributed by atoms with van der Waals surface area (Å²) in [6.07, 6.45) is 48.0. The van der Waals surface area contributed by atoms with Crippen LogP contribution in [0.1, 0.15) is 239 Å². The quantitative estimate of drug-likeness (QED) is 0.0196. The monoisotopic (exact) mass is 962 g/mol. The molecule has 0 spiro atoms. The fraction of sp³-hybridized carbons (Fsp3) is 0.825. The Morgan fingerprint density at radius 1 is 0.559 bits per heavy atom. The highest BCUT2D eigenvalue weighted by molar-refractivity contribution is 5.76. The van der Waals surface area contributed by atoms with Crippen molar-refractivity contribution in [2.24, 2.45) is 0 Å². The Morgan fingerprint density at radius 3 is 1.54 bits per heavy atom. The van der Waals surface area contributed by atoms with Crippen molar-refractivity contribution in [1.29, 1.82) is 0 Å². The average Bonchev–Trinajstić information content (AvgIpc) is 3.33. The molecule has 6 N–H and O–H groups in total. The number of hydrogen-bond acceptors (Lipinski definition) is 10. The van der Waals surface area contributed by atoms with Gasteiger partial charge in [-0.25, -0.2) is 0 Å². The molecule has 0 aliphatic carbocycles. The predicted octanol–water partition coefficient (Wildman–Crippen LogP) is 12.1. The summed E-state index contributed by atoms with van der Waals surface area (Å²) in [5.74, 6) is -0.238. The van der Waals surface area contributed by atoms with Crippen LogP contribution in [0.25, 0.3) is 0 Å². The molecule has 0 saturated carbocycles. The Balaban J connectivity index is 2.08. The van der Waals surface area contributed by atoms with Crippen LogP contribution in [0, 0.1) is 0 Å². The number of aliphatic hydroxyl groups excluding tert-OH is 5. The van der Waals surface area contributed by atoms with Crippen LogP contribution in [0.2, 0.25) is 0 Å². The van der Waals surface area contributed by atoms with Crippen LogP contribution in [0.4, 0.5) is 0 Å². The van der Waals surface area contributed by atoms with E-state index in [-0.39, 0.29) is 18.5 Å². The first kappa shape index (κ1) is 63.6. The van der Waals surface area contributed by atoms with E-state index in [0.29, 0.717) is 25.9 Å². The second-order valence-corrected chi connectivity index (χ2v) is 19.3. The van der Waals surface area contributed by atoms with E-state index in [2.05, 4.69) is 42.6 Å². The van der Waals surface area contributed by atoms with Gasteiger partial charge in [0.1, 0.15) is 24.4 Å². The maximum Gasteiger partial charge on any atom is 0.305 e. The van der Waals surface area contributed by atoms with E-state index in [1.54, 1.807) is 6.08 Å². The zero-order valence-corrected chi connectivity index (χ0v) is 43.3. The minimum atomic E-state index is -1.59. The molecule has 0 bridgehead atoms. The Kier molecular flexibility index (Phi) is 44.0. The Labute approximate surface area is 415 Å². The number of carbonyl (C=O) groups is 2. The summed E-state index contributed by atoms with van der Waals surface area (Å²) >= 11 is 0. The number of amides is 1. The first-order chi connectivity index (χ1) is 33.2. The van der Waals surface area contributed by atoms with Gasteiger partial charge in [-0.05, 0) is 77.6 Å². The van der Waals surface area contributed by atoms with Crippen molar-refractivity contribution in [2.45, 2.75) is 281 Å². The van der Waals surface area contributed by atoms with Crippen molar-refractivity contribution >= 4 is 11.9 Å². The largest absolute Gasteiger partial charge is 0.466 e. The highest BCUT2D eigenvalue weighted by Gasteiger charge is 2.44. The third-order valence-corrected chi connectivity index (χ3v) is 13.0. The fourth-order valence-corrected chi connectivity index (χ4v) is 8.53. The van der Waals surface area contributed by atoms with Gasteiger partial charge in [0, 0.05) is 12.8 Å². The molecule has 1 rings (SSSR count). The molecule has 68 heavy (non-hydrogen) atoms. The highest BCUT2D eigenvalue weighted by atomic mass is 16.7. The SMILES string of the molecule is C/C=C/CC/C=C/CC/C=C/C(O)C(COC1OC(CO)C(O)C(O)C1O)NC(=O)CCCCCCC/C=C\CCCCCCCCCOC(=O)CCCCCCCCCCCCCCCCC. The Bertz CT molecular complexity index is 1270. The van der Waals surface area contributed by atoms with Gasteiger partial charge >= 0.3 is 5.97 Å². The molecule has 11 nitrogen and oxygen atoms in total. The normalized spacial score (nSPS) is 19.8. The molecule has 7 atom stereocenters. The molecule has 0 aromatic carbocycles. The Morgan fingerprint density at radius 2 is 1.01 bits per heavy atom. The molecular formula is C57H103NO10. The van der Waals surface area contributed by atoms with Crippen LogP contribution in [0.15, 0.2) is 48.6 Å². The van der Waals surface area contributed by atoms with Crippen LogP contribution in [0.3, 0.4) is 0 Å². The molecule has 1 amide bonds. The van der Waals surface area contributed by atoms with E-state index in [0.717, 1.165) is 89.9 Å². The molecule has 0 aromatic heterocycles. The predicted molar refractivity (Wildman–Crippen MR) is 278 cm³/mol. The summed E-state index contributed by atoms with van der Waals surface area (Å²) in [5.41, 5.74) is 0. The lowest BCUT2D eigenvalue weighted by atomic mass is 9.99. The topological polar surface area (TPSA) is 175 Å². The maximum absolute atomic E-state index is 13.0. The van der Waals surface area contributed by atoms with Gasteiger partial charge < -0.3 is 45.1 Å². The number of allylic oxidation sites excluding steroid dienone is 7. The molecule has 1 saturated heterocycles. The lowest BCUT2D eigenvalue weighted by molar-refractivity contribution is -0.302. The standard InChI is InChI=1S/C57H103NO10/c1-3-5-7-9-11-13-14-15-18-22-25-29-33-37-41-45-53(62)66-46-42-38-34-30-26-23-20-17-16-19-21-24-28-32-36-40-44-52(61)58-49(50(60)43-39-35-31-27-12-10-8-6-4-2)48-67-57-56(65)55(64)54(63)51(47-59)68-57/h4,6,12,16,19,27,39,43,49-51,54-57,59-60,63-65H,3,5,7-11,13-15,17-18,20-26,28-38,40-42,44-48H2,1-2H3,(H,58,61)/b6-4+,19-16-,27-12+,43-39+. The number of unbranched alkanes of at least 4 members (excludes halogenated alkanes) is 28. The number of ether oxygens (including phenoxy) is 3. The smallest absolute Gasteiger partial charge is 0.305 e. The highest BCUT2D eigenvalue weighted by Crippen LogP contribution is 2.23. The second kappa shape index (κ2) is 47.0. The van der Waals surface area contributed by atoms with Crippen LogP contribution in [-0.4, -0.2) is 100 Å². The van der Waals surface area contributed by atoms with Crippen LogP contribution < -0.4 is 5.32 Å². The molecule has 7 unspecified atom stereocenters.